The molecule has 0 bridgehead atoms. The van der Waals surface area contributed by atoms with E-state index in [0.717, 1.165) is 5.56 Å². The molecule has 2 amide bonds. The van der Waals surface area contributed by atoms with E-state index in [9.17, 15) is 9.59 Å². The first kappa shape index (κ1) is 15.5. The second kappa shape index (κ2) is 5.22. The van der Waals surface area contributed by atoms with Crippen molar-refractivity contribution < 1.29 is 9.59 Å². The Labute approximate surface area is 148 Å². The van der Waals surface area contributed by atoms with Crippen LogP contribution in [-0.2, 0) is 10.2 Å². The molecule has 3 heterocycles. The summed E-state index contributed by atoms with van der Waals surface area (Å²) in [7, 11) is 0. The fourth-order valence-electron chi connectivity index (χ4n) is 3.54. The Balaban J connectivity index is 1.70. The zero-order valence-electron chi connectivity index (χ0n) is 12.8. The third kappa shape index (κ3) is 2.06. The van der Waals surface area contributed by atoms with Gasteiger partial charge in [-0.2, -0.15) is 5.10 Å². The van der Waals surface area contributed by atoms with Crippen LogP contribution in [0.4, 0.5) is 5.69 Å². The first-order valence-electron chi connectivity index (χ1n) is 7.52. The molecule has 2 N–H and O–H groups in total. The highest BCUT2D eigenvalue weighted by Gasteiger charge is 2.52. The number of rotatable bonds is 1. The van der Waals surface area contributed by atoms with Gasteiger partial charge in [-0.15, -0.1) is 0 Å². The van der Waals surface area contributed by atoms with Gasteiger partial charge in [-0.1, -0.05) is 23.2 Å². The maximum atomic E-state index is 12.7. The lowest BCUT2D eigenvalue weighted by Gasteiger charge is -2.22. The number of fused-ring (bicyclic) bond motifs is 2. The Hall–Kier alpha value is -2.05. The van der Waals surface area contributed by atoms with Crippen LogP contribution in [0.25, 0.3) is 0 Å². The van der Waals surface area contributed by atoms with E-state index in [1.165, 1.54) is 6.20 Å². The van der Waals surface area contributed by atoms with E-state index in [1.54, 1.807) is 24.0 Å². The maximum Gasteiger partial charge on any atom is 0.257 e. The van der Waals surface area contributed by atoms with Crippen LogP contribution in [0.1, 0.15) is 28.0 Å². The van der Waals surface area contributed by atoms with Crippen molar-refractivity contribution in [3.63, 3.8) is 0 Å². The molecular weight excluding hydrogens is 351 g/mol. The van der Waals surface area contributed by atoms with E-state index in [2.05, 4.69) is 15.5 Å². The number of carbonyl (C=O) groups is 2. The molecule has 1 spiro atoms. The molecule has 0 radical (unpaired) electrons. The van der Waals surface area contributed by atoms with Gasteiger partial charge >= 0.3 is 0 Å². The number of halogens is 2. The number of carbonyl (C=O) groups excluding carboxylic acids is 2. The molecule has 0 unspecified atom stereocenters. The summed E-state index contributed by atoms with van der Waals surface area (Å²) in [5.41, 5.74) is 1.95. The van der Waals surface area contributed by atoms with Crippen LogP contribution >= 0.6 is 23.2 Å². The van der Waals surface area contributed by atoms with Crippen LogP contribution in [-0.4, -0.2) is 40.0 Å². The summed E-state index contributed by atoms with van der Waals surface area (Å²) < 4.78 is 0. The predicted octanol–water partition coefficient (Wildman–Crippen LogP) is 2.76. The highest BCUT2D eigenvalue weighted by atomic mass is 35.5. The molecule has 1 saturated heterocycles. The average molecular weight is 365 g/mol. The lowest BCUT2D eigenvalue weighted by atomic mass is 9.81. The summed E-state index contributed by atoms with van der Waals surface area (Å²) in [5, 5.41) is 10.3. The second-order valence-electron chi connectivity index (χ2n) is 6.23. The fourth-order valence-corrected chi connectivity index (χ4v) is 3.86. The van der Waals surface area contributed by atoms with Crippen molar-refractivity contribution in [1.82, 2.24) is 15.1 Å². The average Bonchev–Trinajstić information content (AvgIpc) is 3.22. The largest absolute Gasteiger partial charge is 0.337 e. The number of hydrogen-bond acceptors (Lipinski definition) is 3. The van der Waals surface area contributed by atoms with Gasteiger partial charge in [-0.3, -0.25) is 14.7 Å². The van der Waals surface area contributed by atoms with E-state index in [1.807, 2.05) is 0 Å². The second-order valence-corrected chi connectivity index (χ2v) is 7.05. The van der Waals surface area contributed by atoms with Crippen LogP contribution in [0.2, 0.25) is 10.0 Å². The number of H-pyrrole nitrogens is 1. The standard InChI is InChI=1S/C16H14Cl2N4O2/c1-8-9(6-19-21-8)14(23)22-3-2-16(7-22)10-4-11(17)12(18)5-13(10)20-15(16)24/h4-6H,2-3,7H2,1H3,(H,19,21)(H,20,24)/t16-/m1/s1. The predicted molar refractivity (Wildman–Crippen MR) is 90.6 cm³/mol. The molecule has 1 atom stereocenters. The zero-order chi connectivity index (χ0) is 17.1. The van der Waals surface area contributed by atoms with Crippen molar-refractivity contribution in [3.05, 3.63) is 45.2 Å². The fraction of sp³-hybridized carbons (Fsp3) is 0.312. The molecule has 1 aromatic heterocycles. The highest BCUT2D eigenvalue weighted by molar-refractivity contribution is 6.42. The number of nitrogens with one attached hydrogen (secondary N) is 2. The van der Waals surface area contributed by atoms with Gasteiger partial charge < -0.3 is 10.2 Å². The number of likely N-dealkylation sites (tertiary alicyclic amines) is 1. The molecule has 0 aliphatic carbocycles. The molecule has 2 aromatic rings. The van der Waals surface area contributed by atoms with Gasteiger partial charge in [-0.25, -0.2) is 0 Å². The molecule has 24 heavy (non-hydrogen) atoms. The quantitative estimate of drug-likeness (QED) is 0.816. The Bertz CT molecular complexity index is 879. The molecule has 124 valence electrons. The Kier molecular flexibility index (Phi) is 3.37. The van der Waals surface area contributed by atoms with Gasteiger partial charge in [0.2, 0.25) is 5.91 Å². The van der Waals surface area contributed by atoms with Gasteiger partial charge in [0, 0.05) is 24.5 Å². The van der Waals surface area contributed by atoms with Crippen LogP contribution in [0.15, 0.2) is 18.3 Å². The molecular formula is C16H14Cl2N4O2. The monoisotopic (exact) mass is 364 g/mol. The smallest absolute Gasteiger partial charge is 0.257 e. The first-order valence-corrected chi connectivity index (χ1v) is 8.28. The number of hydrogen-bond donors (Lipinski definition) is 2. The molecule has 1 aromatic carbocycles. The minimum Gasteiger partial charge on any atom is -0.337 e. The summed E-state index contributed by atoms with van der Waals surface area (Å²) in [4.78, 5) is 27.0. The van der Waals surface area contributed by atoms with Gasteiger partial charge in [-0.05, 0) is 31.0 Å². The van der Waals surface area contributed by atoms with E-state index >= 15 is 0 Å². The number of amides is 2. The van der Waals surface area contributed by atoms with E-state index in [-0.39, 0.29) is 11.8 Å². The highest BCUT2D eigenvalue weighted by Crippen LogP contribution is 2.47. The molecule has 8 heteroatoms. The van der Waals surface area contributed by atoms with Crippen molar-refractivity contribution in [2.24, 2.45) is 0 Å². The van der Waals surface area contributed by atoms with Crippen molar-refractivity contribution in [3.8, 4) is 0 Å². The molecule has 6 nitrogen and oxygen atoms in total. The van der Waals surface area contributed by atoms with E-state index in [4.69, 9.17) is 23.2 Å². The van der Waals surface area contributed by atoms with E-state index in [0.29, 0.717) is 46.5 Å². The minimum absolute atomic E-state index is 0.116. The summed E-state index contributed by atoms with van der Waals surface area (Å²) in [6.45, 7) is 2.61. The number of aryl methyl sites for hydroxylation is 1. The van der Waals surface area contributed by atoms with Crippen LogP contribution < -0.4 is 5.32 Å². The molecule has 4 rings (SSSR count). The van der Waals surface area contributed by atoms with Gasteiger partial charge in [0.05, 0.1) is 27.2 Å². The Morgan fingerprint density at radius 3 is 2.79 bits per heavy atom. The Morgan fingerprint density at radius 2 is 2.08 bits per heavy atom. The molecule has 2 aliphatic rings. The third-order valence-corrected chi connectivity index (χ3v) is 5.60. The number of nitrogens with zero attached hydrogens (tertiary/aromatic N) is 2. The van der Waals surface area contributed by atoms with Gasteiger partial charge in [0.25, 0.3) is 5.91 Å². The molecule has 2 aliphatic heterocycles. The molecule has 1 fully saturated rings. The topological polar surface area (TPSA) is 78.1 Å². The lowest BCUT2D eigenvalue weighted by molar-refractivity contribution is -0.120. The Morgan fingerprint density at radius 1 is 1.33 bits per heavy atom. The van der Waals surface area contributed by atoms with Crippen molar-refractivity contribution in [1.29, 1.82) is 0 Å². The van der Waals surface area contributed by atoms with Crippen LogP contribution in [0.3, 0.4) is 0 Å². The summed E-state index contributed by atoms with van der Waals surface area (Å²) in [5.74, 6) is -0.241. The number of benzene rings is 1. The third-order valence-electron chi connectivity index (χ3n) is 4.88. The number of anilines is 1. The SMILES string of the molecule is Cc1[nH]ncc1C(=O)N1CC[C@]2(C1)C(=O)Nc1cc(Cl)c(Cl)cc12. The minimum atomic E-state index is -0.767. The number of aromatic nitrogens is 2. The summed E-state index contributed by atoms with van der Waals surface area (Å²) >= 11 is 12.2. The van der Waals surface area contributed by atoms with E-state index < -0.39 is 5.41 Å². The lowest BCUT2D eigenvalue weighted by Crippen LogP contribution is -2.39. The van der Waals surface area contributed by atoms with Gasteiger partial charge in [0.15, 0.2) is 0 Å². The first-order chi connectivity index (χ1) is 11.4. The van der Waals surface area contributed by atoms with Crippen molar-refractivity contribution in [2.45, 2.75) is 18.8 Å². The summed E-state index contributed by atoms with van der Waals surface area (Å²) in [6, 6.07) is 3.39. The number of aromatic amines is 1. The summed E-state index contributed by atoms with van der Waals surface area (Å²) in [6.07, 6.45) is 2.06. The van der Waals surface area contributed by atoms with Crippen LogP contribution in [0, 0.1) is 6.92 Å². The van der Waals surface area contributed by atoms with Crippen molar-refractivity contribution in [2.75, 3.05) is 18.4 Å². The molecule has 0 saturated carbocycles. The van der Waals surface area contributed by atoms with Gasteiger partial charge in [0.1, 0.15) is 0 Å². The van der Waals surface area contributed by atoms with Crippen LogP contribution in [0.5, 0.6) is 0 Å². The zero-order valence-corrected chi connectivity index (χ0v) is 14.3. The van der Waals surface area contributed by atoms with Crippen molar-refractivity contribution >= 4 is 40.7 Å². The normalized spacial score (nSPS) is 22.1. The maximum absolute atomic E-state index is 12.7.